The molecular formula is C18H37IN4O. The lowest BCUT2D eigenvalue weighted by atomic mass is 9.79. The molecule has 0 bridgehead atoms. The van der Waals surface area contributed by atoms with Crippen molar-refractivity contribution in [1.29, 1.82) is 0 Å². The van der Waals surface area contributed by atoms with Gasteiger partial charge in [0.15, 0.2) is 5.96 Å². The zero-order valence-electron chi connectivity index (χ0n) is 15.6. The number of nitrogens with one attached hydrogen (secondary N) is 2. The Morgan fingerprint density at radius 1 is 1.04 bits per heavy atom. The van der Waals surface area contributed by atoms with Crippen LogP contribution in [0.1, 0.15) is 57.8 Å². The smallest absolute Gasteiger partial charge is 0.191 e. The molecule has 6 heteroatoms. The van der Waals surface area contributed by atoms with Gasteiger partial charge in [-0.15, -0.1) is 24.0 Å². The molecule has 0 radical (unpaired) electrons. The lowest BCUT2D eigenvalue weighted by molar-refractivity contribution is 0.0368. The quantitative estimate of drug-likeness (QED) is 0.270. The molecule has 1 aliphatic carbocycles. The molecule has 2 N–H and O–H groups in total. The van der Waals surface area contributed by atoms with Crippen molar-refractivity contribution in [3.63, 3.8) is 0 Å². The average Bonchev–Trinajstić information content (AvgIpc) is 2.63. The van der Waals surface area contributed by atoms with Crippen LogP contribution in [0.15, 0.2) is 4.99 Å². The summed E-state index contributed by atoms with van der Waals surface area (Å²) in [6.45, 7) is 5.28. The van der Waals surface area contributed by atoms with E-state index in [-0.39, 0.29) is 24.0 Å². The van der Waals surface area contributed by atoms with Crippen LogP contribution in [0, 0.1) is 0 Å². The fraction of sp³-hybridized carbons (Fsp3) is 0.944. The average molecular weight is 452 g/mol. The van der Waals surface area contributed by atoms with Crippen LogP contribution in [0.4, 0.5) is 0 Å². The Labute approximate surface area is 165 Å². The highest BCUT2D eigenvalue weighted by Gasteiger charge is 2.38. The molecule has 1 saturated heterocycles. The number of ether oxygens (including phenoxy) is 1. The van der Waals surface area contributed by atoms with E-state index in [0.717, 1.165) is 32.1 Å². The summed E-state index contributed by atoms with van der Waals surface area (Å²) < 4.78 is 5.10. The zero-order chi connectivity index (χ0) is 16.4. The molecule has 2 fully saturated rings. The van der Waals surface area contributed by atoms with Crippen molar-refractivity contribution >= 4 is 29.9 Å². The Balaban J connectivity index is 0.00000288. The monoisotopic (exact) mass is 452 g/mol. The molecule has 24 heavy (non-hydrogen) atoms. The highest BCUT2D eigenvalue weighted by atomic mass is 127. The Kier molecular flexibility index (Phi) is 11.3. The van der Waals surface area contributed by atoms with Crippen molar-refractivity contribution in [3.8, 4) is 0 Å². The van der Waals surface area contributed by atoms with Gasteiger partial charge in [0.2, 0.25) is 0 Å². The first kappa shape index (κ1) is 22.0. The van der Waals surface area contributed by atoms with E-state index in [2.05, 4.69) is 20.5 Å². The van der Waals surface area contributed by atoms with Gasteiger partial charge in [0.1, 0.15) is 0 Å². The molecule has 0 atom stereocenters. The van der Waals surface area contributed by atoms with Gasteiger partial charge in [0.05, 0.1) is 0 Å². The first-order chi connectivity index (χ1) is 11.3. The SMILES string of the molecule is CN=C(NCCCOC)NCC1(N2CCCCC2)CCCCC1.I. The molecule has 5 nitrogen and oxygen atoms in total. The van der Waals surface area contributed by atoms with Crippen molar-refractivity contribution in [2.75, 3.05) is 46.9 Å². The van der Waals surface area contributed by atoms with E-state index < -0.39 is 0 Å². The first-order valence-corrected chi connectivity index (χ1v) is 9.49. The second-order valence-electron chi connectivity index (χ2n) is 7.03. The van der Waals surface area contributed by atoms with E-state index in [4.69, 9.17) is 4.74 Å². The topological polar surface area (TPSA) is 48.9 Å². The maximum Gasteiger partial charge on any atom is 0.191 e. The van der Waals surface area contributed by atoms with E-state index in [9.17, 15) is 0 Å². The zero-order valence-corrected chi connectivity index (χ0v) is 17.9. The van der Waals surface area contributed by atoms with Gasteiger partial charge >= 0.3 is 0 Å². The summed E-state index contributed by atoms with van der Waals surface area (Å²) >= 11 is 0. The molecule has 2 rings (SSSR count). The molecular weight excluding hydrogens is 415 g/mol. The second kappa shape index (κ2) is 12.3. The van der Waals surface area contributed by atoms with E-state index in [1.54, 1.807) is 7.11 Å². The summed E-state index contributed by atoms with van der Waals surface area (Å²) in [4.78, 5) is 7.16. The lowest BCUT2D eigenvalue weighted by Crippen LogP contribution is -2.59. The largest absolute Gasteiger partial charge is 0.385 e. The predicted octanol–water partition coefficient (Wildman–Crippen LogP) is 2.99. The second-order valence-corrected chi connectivity index (χ2v) is 7.03. The summed E-state index contributed by atoms with van der Waals surface area (Å²) in [5.41, 5.74) is 0.350. The van der Waals surface area contributed by atoms with E-state index >= 15 is 0 Å². The molecule has 0 amide bonds. The summed E-state index contributed by atoms with van der Waals surface area (Å²) in [5, 5.41) is 7.01. The minimum Gasteiger partial charge on any atom is -0.385 e. The van der Waals surface area contributed by atoms with E-state index in [1.807, 2.05) is 7.05 Å². The highest BCUT2D eigenvalue weighted by molar-refractivity contribution is 14.0. The van der Waals surface area contributed by atoms with Crippen LogP contribution in [-0.4, -0.2) is 63.3 Å². The molecule has 0 aromatic heterocycles. The fourth-order valence-electron chi connectivity index (χ4n) is 4.08. The van der Waals surface area contributed by atoms with Crippen LogP contribution in [0.2, 0.25) is 0 Å². The van der Waals surface area contributed by atoms with Crippen LogP contribution >= 0.6 is 24.0 Å². The van der Waals surface area contributed by atoms with Gasteiger partial charge in [0, 0.05) is 39.4 Å². The summed E-state index contributed by atoms with van der Waals surface area (Å²) in [7, 11) is 3.61. The number of methoxy groups -OCH3 is 1. The van der Waals surface area contributed by atoms with Crippen LogP contribution < -0.4 is 10.6 Å². The van der Waals surface area contributed by atoms with Gasteiger partial charge in [-0.3, -0.25) is 9.89 Å². The van der Waals surface area contributed by atoms with Gasteiger partial charge in [-0.2, -0.15) is 0 Å². The van der Waals surface area contributed by atoms with Gasteiger partial charge in [0.25, 0.3) is 0 Å². The van der Waals surface area contributed by atoms with Crippen LogP contribution in [0.3, 0.4) is 0 Å². The number of rotatable bonds is 7. The number of nitrogens with zero attached hydrogens (tertiary/aromatic N) is 2. The number of piperidine rings is 1. The summed E-state index contributed by atoms with van der Waals surface area (Å²) in [5.74, 6) is 0.933. The van der Waals surface area contributed by atoms with E-state index in [0.29, 0.717) is 5.54 Å². The molecule has 0 aromatic rings. The number of halogens is 1. The third-order valence-electron chi connectivity index (χ3n) is 5.44. The molecule has 0 aromatic carbocycles. The van der Waals surface area contributed by atoms with Crippen LogP contribution in [-0.2, 0) is 4.74 Å². The number of aliphatic imine (C=N–C) groups is 1. The Morgan fingerprint density at radius 3 is 2.33 bits per heavy atom. The van der Waals surface area contributed by atoms with Crippen LogP contribution in [0.5, 0.6) is 0 Å². The maximum atomic E-state index is 5.10. The standard InChI is InChI=1S/C18H36N4O.HI/c1-19-17(20-12-9-15-23-2)21-16-18(10-5-3-6-11-18)22-13-7-4-8-14-22;/h3-16H2,1-2H3,(H2,19,20,21);1H. The number of likely N-dealkylation sites (tertiary alicyclic amines) is 1. The Bertz CT molecular complexity index is 353. The third-order valence-corrected chi connectivity index (χ3v) is 5.44. The van der Waals surface area contributed by atoms with Crippen molar-refractivity contribution < 1.29 is 4.74 Å². The van der Waals surface area contributed by atoms with Gasteiger partial charge in [-0.1, -0.05) is 25.7 Å². The summed E-state index contributed by atoms with van der Waals surface area (Å²) in [6.07, 6.45) is 12.0. The normalized spacial score (nSPS) is 21.8. The van der Waals surface area contributed by atoms with Crippen LogP contribution in [0.25, 0.3) is 0 Å². The fourth-order valence-corrected chi connectivity index (χ4v) is 4.08. The van der Waals surface area contributed by atoms with E-state index in [1.165, 1.54) is 64.5 Å². The Hall–Kier alpha value is -0.0800. The predicted molar refractivity (Wildman–Crippen MR) is 113 cm³/mol. The Morgan fingerprint density at radius 2 is 1.71 bits per heavy atom. The van der Waals surface area contributed by atoms with Gasteiger partial charge in [-0.25, -0.2) is 0 Å². The van der Waals surface area contributed by atoms with Gasteiger partial charge in [-0.05, 0) is 45.2 Å². The maximum absolute atomic E-state index is 5.10. The third kappa shape index (κ3) is 6.67. The highest BCUT2D eigenvalue weighted by Crippen LogP contribution is 2.35. The van der Waals surface area contributed by atoms with Crippen molar-refractivity contribution in [1.82, 2.24) is 15.5 Å². The number of guanidine groups is 1. The van der Waals surface area contributed by atoms with Crippen molar-refractivity contribution in [3.05, 3.63) is 0 Å². The number of hydrogen-bond acceptors (Lipinski definition) is 3. The molecule has 2 aliphatic rings. The molecule has 142 valence electrons. The molecule has 1 heterocycles. The number of hydrogen-bond donors (Lipinski definition) is 2. The molecule has 1 aliphatic heterocycles. The van der Waals surface area contributed by atoms with Crippen molar-refractivity contribution in [2.45, 2.75) is 63.3 Å². The van der Waals surface area contributed by atoms with Gasteiger partial charge < -0.3 is 15.4 Å². The van der Waals surface area contributed by atoms with Crippen molar-refractivity contribution in [2.24, 2.45) is 4.99 Å². The molecule has 0 spiro atoms. The first-order valence-electron chi connectivity index (χ1n) is 9.49. The lowest BCUT2D eigenvalue weighted by Gasteiger charge is -2.48. The molecule has 0 unspecified atom stereocenters. The summed E-state index contributed by atoms with van der Waals surface area (Å²) in [6, 6.07) is 0. The minimum absolute atomic E-state index is 0. The minimum atomic E-state index is 0. The molecule has 1 saturated carbocycles.